The van der Waals surface area contributed by atoms with Crippen molar-refractivity contribution in [2.45, 2.75) is 25.7 Å². The van der Waals surface area contributed by atoms with Crippen molar-refractivity contribution in [2.24, 2.45) is 0 Å². The number of likely N-dealkylation sites (N-methyl/N-ethyl adjacent to an activating group) is 1. The van der Waals surface area contributed by atoms with Crippen molar-refractivity contribution >= 4 is 22.4 Å². The minimum absolute atomic E-state index is 0. The molecule has 1 heterocycles. The van der Waals surface area contributed by atoms with Crippen molar-refractivity contribution in [3.8, 4) is 17.6 Å². The quantitative estimate of drug-likeness (QED) is 0.715. The molecule has 0 bridgehead atoms. The average Bonchev–Trinajstić information content (AvgIpc) is 2.67. The van der Waals surface area contributed by atoms with Crippen molar-refractivity contribution in [3.05, 3.63) is 53.1 Å². The zero-order valence-electron chi connectivity index (χ0n) is 16.9. The molecule has 1 aliphatic rings. The van der Waals surface area contributed by atoms with Gasteiger partial charge < -0.3 is 9.64 Å². The van der Waals surface area contributed by atoms with E-state index in [-0.39, 0.29) is 23.1 Å². The van der Waals surface area contributed by atoms with Gasteiger partial charge in [-0.25, -0.2) is 8.42 Å². The van der Waals surface area contributed by atoms with Gasteiger partial charge in [0.25, 0.3) is 0 Å². The molecule has 1 aliphatic heterocycles. The van der Waals surface area contributed by atoms with E-state index >= 15 is 0 Å². The van der Waals surface area contributed by atoms with E-state index in [2.05, 4.69) is 11.8 Å². The summed E-state index contributed by atoms with van der Waals surface area (Å²) in [6, 6.07) is 12.3. The van der Waals surface area contributed by atoms with E-state index in [0.717, 1.165) is 17.7 Å². The molecule has 0 unspecified atom stereocenters. The van der Waals surface area contributed by atoms with Crippen LogP contribution in [0.3, 0.4) is 0 Å². The van der Waals surface area contributed by atoms with Crippen molar-refractivity contribution in [2.75, 3.05) is 32.7 Å². The summed E-state index contributed by atoms with van der Waals surface area (Å²) >= 11 is 0. The number of sulfonamides is 1. The van der Waals surface area contributed by atoms with E-state index in [9.17, 15) is 13.7 Å². The molecule has 0 aliphatic carbocycles. The first-order valence-corrected chi connectivity index (χ1v) is 10.8. The number of hydrogen-bond donors (Lipinski definition) is 0. The van der Waals surface area contributed by atoms with Crippen LogP contribution in [0.5, 0.6) is 11.5 Å². The van der Waals surface area contributed by atoms with Gasteiger partial charge >= 0.3 is 0 Å². The van der Waals surface area contributed by atoms with Crippen LogP contribution in [0.1, 0.15) is 23.6 Å². The highest BCUT2D eigenvalue weighted by molar-refractivity contribution is 7.89. The minimum Gasteiger partial charge on any atom is -0.456 e. The lowest BCUT2D eigenvalue weighted by molar-refractivity contribution is 0.196. The summed E-state index contributed by atoms with van der Waals surface area (Å²) < 4.78 is 34.1. The third kappa shape index (κ3) is 5.28. The summed E-state index contributed by atoms with van der Waals surface area (Å²) in [4.78, 5) is 2.25. The summed E-state index contributed by atoms with van der Waals surface area (Å²) in [5, 5.41) is 9.25. The predicted octanol–water partition coefficient (Wildman–Crippen LogP) is 3.72. The van der Waals surface area contributed by atoms with Crippen LogP contribution in [0, 0.1) is 25.2 Å². The Hall–Kier alpha value is -2.11. The molecule has 2 aromatic carbocycles. The minimum atomic E-state index is -3.77. The van der Waals surface area contributed by atoms with E-state index in [1.165, 1.54) is 10.4 Å². The number of nitrogens with zero attached hydrogens (tertiary/aromatic N) is 3. The normalized spacial score (nSPS) is 15.4. The zero-order chi connectivity index (χ0) is 20.3. The smallest absolute Gasteiger partial charge is 0.246 e. The van der Waals surface area contributed by atoms with Crippen molar-refractivity contribution in [3.63, 3.8) is 0 Å². The first-order chi connectivity index (χ1) is 13.3. The fourth-order valence-corrected chi connectivity index (χ4v) is 4.97. The van der Waals surface area contributed by atoms with Crippen LogP contribution in [0.4, 0.5) is 0 Å². The first kappa shape index (κ1) is 23.2. The number of nitriles is 1. The largest absolute Gasteiger partial charge is 0.456 e. The zero-order valence-corrected chi connectivity index (χ0v) is 18.5. The molecule has 156 valence electrons. The Bertz CT molecular complexity index is 990. The van der Waals surface area contributed by atoms with Gasteiger partial charge in [-0.2, -0.15) is 9.57 Å². The Labute approximate surface area is 179 Å². The molecular formula is C21H26ClN3O3S. The Morgan fingerprint density at radius 2 is 1.66 bits per heavy atom. The maximum Gasteiger partial charge on any atom is 0.246 e. The van der Waals surface area contributed by atoms with Crippen molar-refractivity contribution < 1.29 is 13.2 Å². The lowest BCUT2D eigenvalue weighted by Crippen LogP contribution is -2.48. The molecule has 8 heteroatoms. The maximum atomic E-state index is 13.3. The SMILES string of the molecule is CCN1CCN(S(=O)(=O)c2cc(C#N)ccc2Oc2cc(C)cc(C)c2)CC1.Cl. The maximum absolute atomic E-state index is 13.3. The molecule has 1 saturated heterocycles. The second-order valence-electron chi connectivity index (χ2n) is 7.04. The molecule has 0 atom stereocenters. The van der Waals surface area contributed by atoms with Crippen molar-refractivity contribution in [1.82, 2.24) is 9.21 Å². The van der Waals surface area contributed by atoms with E-state index in [1.54, 1.807) is 12.1 Å². The molecule has 0 N–H and O–H groups in total. The highest BCUT2D eigenvalue weighted by Gasteiger charge is 2.31. The Morgan fingerprint density at radius 3 is 2.21 bits per heavy atom. The summed E-state index contributed by atoms with van der Waals surface area (Å²) in [7, 11) is -3.77. The van der Waals surface area contributed by atoms with Crippen LogP contribution in [-0.4, -0.2) is 50.3 Å². The van der Waals surface area contributed by atoms with Gasteiger partial charge in [0.2, 0.25) is 10.0 Å². The highest BCUT2D eigenvalue weighted by atomic mass is 35.5. The van der Waals surface area contributed by atoms with Gasteiger partial charge in [-0.05, 0) is 61.9 Å². The third-order valence-electron chi connectivity index (χ3n) is 4.89. The third-order valence-corrected chi connectivity index (χ3v) is 6.81. The van der Waals surface area contributed by atoms with Gasteiger partial charge in [-0.3, -0.25) is 0 Å². The lowest BCUT2D eigenvalue weighted by atomic mass is 10.1. The molecule has 0 radical (unpaired) electrons. The Balaban J connectivity index is 0.00000300. The molecule has 0 amide bonds. The summed E-state index contributed by atoms with van der Waals surface area (Å²) in [6.07, 6.45) is 0. The van der Waals surface area contributed by atoms with Gasteiger partial charge in [-0.15, -0.1) is 12.4 Å². The number of rotatable bonds is 5. The number of piperazine rings is 1. The first-order valence-electron chi connectivity index (χ1n) is 9.36. The second-order valence-corrected chi connectivity index (χ2v) is 8.94. The van der Waals surface area contributed by atoms with Gasteiger partial charge in [-0.1, -0.05) is 13.0 Å². The predicted molar refractivity (Wildman–Crippen MR) is 115 cm³/mol. The van der Waals surface area contributed by atoms with Crippen LogP contribution in [0.15, 0.2) is 41.3 Å². The lowest BCUT2D eigenvalue weighted by Gasteiger charge is -2.33. The molecule has 3 rings (SSSR count). The molecule has 0 aromatic heterocycles. The Kier molecular flexibility index (Phi) is 7.66. The van der Waals surface area contributed by atoms with Crippen LogP contribution in [0.2, 0.25) is 0 Å². The number of benzene rings is 2. The molecule has 29 heavy (non-hydrogen) atoms. The Morgan fingerprint density at radius 1 is 1.03 bits per heavy atom. The van der Waals surface area contributed by atoms with E-state index in [0.29, 0.717) is 37.5 Å². The number of hydrogen-bond acceptors (Lipinski definition) is 5. The average molecular weight is 436 g/mol. The topological polar surface area (TPSA) is 73.6 Å². The molecule has 1 fully saturated rings. The second kappa shape index (κ2) is 9.59. The fourth-order valence-electron chi connectivity index (χ4n) is 3.41. The van der Waals surface area contributed by atoms with Crippen LogP contribution in [0.25, 0.3) is 0 Å². The summed E-state index contributed by atoms with van der Waals surface area (Å²) in [6.45, 7) is 9.13. The van der Waals surface area contributed by atoms with E-state index in [1.807, 2.05) is 38.1 Å². The standard InChI is InChI=1S/C21H25N3O3S.ClH/c1-4-23-7-9-24(10-8-23)28(25,26)21-14-18(15-22)5-6-20(21)27-19-12-16(2)11-17(3)13-19;/h5-6,11-14H,4,7-10H2,1-3H3;1H. The summed E-state index contributed by atoms with van der Waals surface area (Å²) in [5.74, 6) is 0.816. The molecule has 0 spiro atoms. The molecular weight excluding hydrogens is 410 g/mol. The van der Waals surface area contributed by atoms with E-state index < -0.39 is 10.0 Å². The summed E-state index contributed by atoms with van der Waals surface area (Å²) in [5.41, 5.74) is 2.35. The van der Waals surface area contributed by atoms with Crippen LogP contribution in [-0.2, 0) is 10.0 Å². The van der Waals surface area contributed by atoms with Gasteiger partial charge in [0, 0.05) is 26.2 Å². The van der Waals surface area contributed by atoms with Crippen LogP contribution < -0.4 is 4.74 Å². The van der Waals surface area contributed by atoms with Gasteiger partial charge in [0.15, 0.2) is 0 Å². The fraction of sp³-hybridized carbons (Fsp3) is 0.381. The molecule has 2 aromatic rings. The van der Waals surface area contributed by atoms with Crippen molar-refractivity contribution in [1.29, 1.82) is 5.26 Å². The number of aryl methyl sites for hydroxylation is 2. The van der Waals surface area contributed by atoms with Crippen LogP contribution >= 0.6 is 12.4 Å². The molecule has 0 saturated carbocycles. The van der Waals surface area contributed by atoms with Gasteiger partial charge in [0.1, 0.15) is 16.4 Å². The van der Waals surface area contributed by atoms with E-state index in [4.69, 9.17) is 4.74 Å². The highest BCUT2D eigenvalue weighted by Crippen LogP contribution is 2.33. The number of halogens is 1. The number of ether oxygens (including phenoxy) is 1. The molecule has 6 nitrogen and oxygen atoms in total. The van der Waals surface area contributed by atoms with Gasteiger partial charge in [0.05, 0.1) is 11.6 Å². The monoisotopic (exact) mass is 435 g/mol.